The van der Waals surface area contributed by atoms with E-state index in [-0.39, 0.29) is 16.7 Å². The molecule has 70 valence electrons. The van der Waals surface area contributed by atoms with E-state index in [0.717, 1.165) is 5.75 Å². The van der Waals surface area contributed by atoms with Crippen molar-refractivity contribution in [1.29, 1.82) is 0 Å². The van der Waals surface area contributed by atoms with Crippen LogP contribution in [0.5, 0.6) is 0 Å². The van der Waals surface area contributed by atoms with Crippen molar-refractivity contribution in [3.63, 3.8) is 0 Å². The van der Waals surface area contributed by atoms with Crippen LogP contribution in [-0.4, -0.2) is 33.7 Å². The third-order valence-corrected chi connectivity index (χ3v) is 3.69. The Morgan fingerprint density at radius 2 is 2.33 bits per heavy atom. The van der Waals surface area contributed by atoms with Gasteiger partial charge in [0.1, 0.15) is 6.10 Å². The minimum absolute atomic E-state index is 0.130. The van der Waals surface area contributed by atoms with Crippen LogP contribution in [0.2, 0.25) is 0 Å². The molecule has 1 aliphatic heterocycles. The number of aliphatic hydroxyl groups is 1. The van der Waals surface area contributed by atoms with E-state index in [1.54, 1.807) is 0 Å². The number of amides is 1. The predicted octanol–water partition coefficient (Wildman–Crippen LogP) is 0.377. The largest absolute Gasteiger partial charge is 0.384 e. The van der Waals surface area contributed by atoms with Crippen LogP contribution in [-0.2, 0) is 4.79 Å². The zero-order valence-electron chi connectivity index (χ0n) is 7.63. The molecule has 1 rings (SSSR count). The Bertz CT molecular complexity index is 191. The monoisotopic (exact) mass is 189 g/mol. The molecular formula is C8H15NO2S. The lowest BCUT2D eigenvalue weighted by Crippen LogP contribution is -2.57. The Hall–Kier alpha value is -0.220. The van der Waals surface area contributed by atoms with Crippen molar-refractivity contribution >= 4 is 17.7 Å². The second-order valence-corrected chi connectivity index (χ2v) is 5.33. The first-order valence-electron chi connectivity index (χ1n) is 4.06. The highest BCUT2D eigenvalue weighted by Crippen LogP contribution is 2.39. The highest BCUT2D eigenvalue weighted by atomic mass is 32.2. The van der Waals surface area contributed by atoms with Crippen molar-refractivity contribution < 1.29 is 9.90 Å². The molecule has 0 spiro atoms. The number of carbonyl (C=O) groups is 1. The van der Waals surface area contributed by atoms with Crippen molar-refractivity contribution in [3.05, 3.63) is 0 Å². The van der Waals surface area contributed by atoms with Crippen LogP contribution in [0.1, 0.15) is 20.8 Å². The molecule has 0 aromatic rings. The van der Waals surface area contributed by atoms with Crippen LogP contribution in [0, 0.1) is 0 Å². The Balaban J connectivity index is 2.38. The van der Waals surface area contributed by atoms with Crippen LogP contribution >= 0.6 is 11.8 Å². The lowest BCUT2D eigenvalue weighted by Gasteiger charge is -2.44. The Kier molecular flexibility index (Phi) is 2.68. The van der Waals surface area contributed by atoms with Gasteiger partial charge in [0.15, 0.2) is 0 Å². The number of hydrogen-bond donors (Lipinski definition) is 2. The molecule has 2 atom stereocenters. The molecule has 0 aromatic heterocycles. The van der Waals surface area contributed by atoms with E-state index in [0.29, 0.717) is 0 Å². The fraction of sp³-hybridized carbons (Fsp3) is 0.875. The first-order chi connectivity index (χ1) is 5.43. The van der Waals surface area contributed by atoms with E-state index < -0.39 is 6.10 Å². The normalized spacial score (nSPS) is 28.8. The van der Waals surface area contributed by atoms with E-state index in [1.807, 2.05) is 11.8 Å². The summed E-state index contributed by atoms with van der Waals surface area (Å²) in [5.74, 6) is 0.680. The number of rotatable bonds is 2. The van der Waals surface area contributed by atoms with Gasteiger partial charge in [0, 0.05) is 10.5 Å². The van der Waals surface area contributed by atoms with Crippen molar-refractivity contribution in [2.45, 2.75) is 37.7 Å². The quantitative estimate of drug-likeness (QED) is 0.660. The molecule has 1 aliphatic rings. The van der Waals surface area contributed by atoms with Crippen molar-refractivity contribution in [2.75, 3.05) is 5.75 Å². The Morgan fingerprint density at radius 1 is 1.75 bits per heavy atom. The zero-order chi connectivity index (χ0) is 9.35. The topological polar surface area (TPSA) is 49.3 Å². The van der Waals surface area contributed by atoms with Crippen LogP contribution in [0.15, 0.2) is 0 Å². The van der Waals surface area contributed by atoms with E-state index in [4.69, 9.17) is 5.11 Å². The molecule has 4 heteroatoms. The maximum absolute atomic E-state index is 11.1. The van der Waals surface area contributed by atoms with Gasteiger partial charge >= 0.3 is 0 Å². The lowest BCUT2D eigenvalue weighted by molar-refractivity contribution is -0.129. The Labute approximate surface area is 76.9 Å². The molecule has 1 fully saturated rings. The molecule has 3 nitrogen and oxygen atoms in total. The number of aliphatic hydroxyl groups excluding tert-OH is 1. The number of thioether (sulfide) groups is 1. The summed E-state index contributed by atoms with van der Waals surface area (Å²) in [6.07, 6.45) is -0.897. The minimum atomic E-state index is -0.897. The summed E-state index contributed by atoms with van der Waals surface area (Å²) in [7, 11) is 0. The molecule has 0 radical (unpaired) electrons. The number of carbonyl (C=O) groups excluding carboxylic acids is 1. The van der Waals surface area contributed by atoms with Crippen LogP contribution in [0.3, 0.4) is 0 Å². The van der Waals surface area contributed by atoms with Gasteiger partial charge in [-0.1, -0.05) is 0 Å². The first-order valence-corrected chi connectivity index (χ1v) is 5.04. The minimum Gasteiger partial charge on any atom is -0.384 e. The van der Waals surface area contributed by atoms with E-state index >= 15 is 0 Å². The third kappa shape index (κ3) is 1.93. The van der Waals surface area contributed by atoms with Crippen molar-refractivity contribution in [3.8, 4) is 0 Å². The Morgan fingerprint density at radius 3 is 2.58 bits per heavy atom. The second-order valence-electron chi connectivity index (χ2n) is 3.65. The third-order valence-electron chi connectivity index (χ3n) is 2.16. The maximum Gasteiger partial charge on any atom is 0.248 e. The standard InChI is InChI=1S/C8H15NO2S/c1-5(10)7(11)9-6-4-12-8(6,2)3/h5-6,10H,4H2,1-3H3,(H,9,11)/t5-,6?/m0/s1. The lowest BCUT2D eigenvalue weighted by atomic mass is 10.0. The molecule has 1 saturated heterocycles. The highest BCUT2D eigenvalue weighted by molar-refractivity contribution is 8.02. The average Bonchev–Trinajstić information content (AvgIpc) is 1.97. The van der Waals surface area contributed by atoms with E-state index in [2.05, 4.69) is 19.2 Å². The average molecular weight is 189 g/mol. The van der Waals surface area contributed by atoms with Gasteiger partial charge in [-0.25, -0.2) is 0 Å². The van der Waals surface area contributed by atoms with Gasteiger partial charge in [0.25, 0.3) is 0 Å². The summed E-state index contributed by atoms with van der Waals surface area (Å²) in [6, 6.07) is 0.213. The van der Waals surface area contributed by atoms with Gasteiger partial charge < -0.3 is 10.4 Å². The number of nitrogens with one attached hydrogen (secondary N) is 1. The first kappa shape index (κ1) is 9.86. The molecule has 2 N–H and O–H groups in total. The summed E-state index contributed by atoms with van der Waals surface area (Å²) in [6.45, 7) is 5.66. The summed E-state index contributed by atoms with van der Waals surface area (Å²) in [5.41, 5.74) is 0. The fourth-order valence-corrected chi connectivity index (χ4v) is 2.15. The summed E-state index contributed by atoms with van der Waals surface area (Å²) < 4.78 is 0.130. The second kappa shape index (κ2) is 3.26. The van der Waals surface area contributed by atoms with Gasteiger partial charge in [-0.3, -0.25) is 4.79 Å². The molecule has 0 saturated carbocycles. The van der Waals surface area contributed by atoms with Crippen molar-refractivity contribution in [1.82, 2.24) is 5.32 Å². The van der Waals surface area contributed by atoms with Crippen LogP contribution < -0.4 is 5.32 Å². The van der Waals surface area contributed by atoms with Gasteiger partial charge in [0.2, 0.25) is 5.91 Å². The summed E-state index contributed by atoms with van der Waals surface area (Å²) >= 11 is 1.83. The summed E-state index contributed by atoms with van der Waals surface area (Å²) in [4.78, 5) is 11.1. The number of hydrogen-bond acceptors (Lipinski definition) is 3. The zero-order valence-corrected chi connectivity index (χ0v) is 8.44. The van der Waals surface area contributed by atoms with E-state index in [1.165, 1.54) is 6.92 Å². The predicted molar refractivity (Wildman–Crippen MR) is 50.1 cm³/mol. The van der Waals surface area contributed by atoms with Crippen molar-refractivity contribution in [2.24, 2.45) is 0 Å². The molecule has 0 aromatic carbocycles. The van der Waals surface area contributed by atoms with Crippen LogP contribution in [0.4, 0.5) is 0 Å². The molecule has 1 amide bonds. The highest BCUT2D eigenvalue weighted by Gasteiger charge is 2.40. The molecule has 1 heterocycles. The molecular weight excluding hydrogens is 174 g/mol. The smallest absolute Gasteiger partial charge is 0.248 e. The maximum atomic E-state index is 11.1. The SMILES string of the molecule is C[C@H](O)C(=O)NC1CSC1(C)C. The molecule has 0 bridgehead atoms. The van der Waals surface area contributed by atoms with Gasteiger partial charge in [0.05, 0.1) is 6.04 Å². The fourth-order valence-electron chi connectivity index (χ4n) is 1.01. The van der Waals surface area contributed by atoms with Gasteiger partial charge in [-0.15, -0.1) is 0 Å². The van der Waals surface area contributed by atoms with E-state index in [9.17, 15) is 4.79 Å². The van der Waals surface area contributed by atoms with Gasteiger partial charge in [-0.05, 0) is 20.8 Å². The summed E-state index contributed by atoms with van der Waals surface area (Å²) in [5, 5.41) is 11.7. The van der Waals surface area contributed by atoms with Crippen LogP contribution in [0.25, 0.3) is 0 Å². The molecule has 12 heavy (non-hydrogen) atoms. The van der Waals surface area contributed by atoms with Gasteiger partial charge in [-0.2, -0.15) is 11.8 Å². The molecule has 0 aliphatic carbocycles. The molecule has 1 unspecified atom stereocenters.